The van der Waals surface area contributed by atoms with Crippen molar-refractivity contribution in [2.45, 2.75) is 13.1 Å². The Hall–Kier alpha value is -1.39. The van der Waals surface area contributed by atoms with Crippen LogP contribution < -0.4 is 11.5 Å². The second-order valence-electron chi connectivity index (χ2n) is 2.70. The summed E-state index contributed by atoms with van der Waals surface area (Å²) in [6.45, 7) is 0.695. The molecule has 0 unspecified atom stereocenters. The molecule has 1 aromatic rings. The van der Waals surface area contributed by atoms with E-state index in [-0.39, 0.29) is 5.56 Å². The molecule has 4 nitrogen and oxygen atoms in total. The maximum Gasteiger partial charge on any atom is 0.335 e. The Morgan fingerprint density at radius 1 is 1.23 bits per heavy atom. The molecule has 0 atom stereocenters. The first-order chi connectivity index (χ1) is 6.19. The molecule has 0 spiro atoms. The second-order valence-corrected chi connectivity index (χ2v) is 2.70. The van der Waals surface area contributed by atoms with Gasteiger partial charge >= 0.3 is 5.97 Å². The molecule has 70 valence electrons. The van der Waals surface area contributed by atoms with Gasteiger partial charge in [-0.15, -0.1) is 0 Å². The van der Waals surface area contributed by atoms with E-state index >= 15 is 0 Å². The SMILES string of the molecule is NCc1ccc(C(=O)O)cc1CN. The fourth-order valence-electron chi connectivity index (χ4n) is 1.15. The lowest BCUT2D eigenvalue weighted by molar-refractivity contribution is 0.0697. The van der Waals surface area contributed by atoms with Crippen LogP contribution in [0.4, 0.5) is 0 Å². The van der Waals surface area contributed by atoms with Crippen molar-refractivity contribution in [3.05, 3.63) is 34.9 Å². The van der Waals surface area contributed by atoms with Crippen molar-refractivity contribution >= 4 is 5.97 Å². The van der Waals surface area contributed by atoms with Crippen LogP contribution in [0.15, 0.2) is 18.2 Å². The fourth-order valence-corrected chi connectivity index (χ4v) is 1.15. The minimum absolute atomic E-state index is 0.248. The molecule has 0 aliphatic carbocycles. The number of hydrogen-bond donors (Lipinski definition) is 3. The number of aromatic carboxylic acids is 1. The van der Waals surface area contributed by atoms with Gasteiger partial charge in [-0.1, -0.05) is 6.07 Å². The normalized spacial score (nSPS) is 10.0. The Bertz CT molecular complexity index is 323. The van der Waals surface area contributed by atoms with Gasteiger partial charge in [-0.05, 0) is 23.3 Å². The van der Waals surface area contributed by atoms with Crippen LogP contribution >= 0.6 is 0 Å². The molecule has 1 aromatic carbocycles. The first-order valence-electron chi connectivity index (χ1n) is 3.94. The van der Waals surface area contributed by atoms with E-state index in [1.807, 2.05) is 0 Å². The smallest absolute Gasteiger partial charge is 0.335 e. The van der Waals surface area contributed by atoms with Gasteiger partial charge < -0.3 is 16.6 Å². The van der Waals surface area contributed by atoms with E-state index in [0.717, 1.165) is 11.1 Å². The number of carbonyl (C=O) groups is 1. The van der Waals surface area contributed by atoms with Crippen molar-refractivity contribution in [1.29, 1.82) is 0 Å². The van der Waals surface area contributed by atoms with Gasteiger partial charge in [-0.25, -0.2) is 4.79 Å². The molecule has 0 amide bonds. The van der Waals surface area contributed by atoms with E-state index in [1.165, 1.54) is 6.07 Å². The van der Waals surface area contributed by atoms with Crippen molar-refractivity contribution in [3.8, 4) is 0 Å². The van der Waals surface area contributed by atoms with Gasteiger partial charge in [0.15, 0.2) is 0 Å². The lowest BCUT2D eigenvalue weighted by atomic mass is 10.0. The Morgan fingerprint density at radius 3 is 2.31 bits per heavy atom. The van der Waals surface area contributed by atoms with Crippen molar-refractivity contribution < 1.29 is 9.90 Å². The molecule has 0 bridgehead atoms. The molecule has 0 saturated carbocycles. The molecule has 0 heterocycles. The molecule has 0 aromatic heterocycles. The van der Waals surface area contributed by atoms with E-state index < -0.39 is 5.97 Å². The Morgan fingerprint density at radius 2 is 1.85 bits per heavy atom. The van der Waals surface area contributed by atoms with E-state index in [9.17, 15) is 4.79 Å². The van der Waals surface area contributed by atoms with Gasteiger partial charge in [-0.3, -0.25) is 0 Å². The first-order valence-corrected chi connectivity index (χ1v) is 3.94. The van der Waals surface area contributed by atoms with Crippen LogP contribution in [0.5, 0.6) is 0 Å². The molecule has 0 fully saturated rings. The molecular formula is C9H12N2O2. The molecule has 0 radical (unpaired) electrons. The summed E-state index contributed by atoms with van der Waals surface area (Å²) in [5.74, 6) is -0.946. The van der Waals surface area contributed by atoms with Gasteiger partial charge in [0, 0.05) is 13.1 Å². The summed E-state index contributed by atoms with van der Waals surface area (Å²) >= 11 is 0. The first kappa shape index (κ1) is 9.70. The summed E-state index contributed by atoms with van der Waals surface area (Å²) in [5, 5.41) is 8.70. The van der Waals surface area contributed by atoms with Crippen LogP contribution in [0.2, 0.25) is 0 Å². The van der Waals surface area contributed by atoms with E-state index in [0.29, 0.717) is 13.1 Å². The highest BCUT2D eigenvalue weighted by Gasteiger charge is 2.05. The van der Waals surface area contributed by atoms with Crippen molar-refractivity contribution in [3.63, 3.8) is 0 Å². The van der Waals surface area contributed by atoms with E-state index in [2.05, 4.69) is 0 Å². The molecule has 13 heavy (non-hydrogen) atoms. The fraction of sp³-hybridized carbons (Fsp3) is 0.222. The molecule has 0 aliphatic heterocycles. The van der Waals surface area contributed by atoms with Crippen LogP contribution in [-0.2, 0) is 13.1 Å². The second kappa shape index (κ2) is 4.02. The zero-order valence-corrected chi connectivity index (χ0v) is 7.16. The number of carboxylic acid groups (broad SMARTS) is 1. The quantitative estimate of drug-likeness (QED) is 0.624. The molecular weight excluding hydrogens is 168 g/mol. The monoisotopic (exact) mass is 180 g/mol. The third-order valence-corrected chi connectivity index (χ3v) is 1.89. The number of rotatable bonds is 3. The largest absolute Gasteiger partial charge is 0.478 e. The van der Waals surface area contributed by atoms with Gasteiger partial charge in [0.25, 0.3) is 0 Å². The summed E-state index contributed by atoms with van der Waals surface area (Å²) in [4.78, 5) is 10.6. The summed E-state index contributed by atoms with van der Waals surface area (Å²) in [5.41, 5.74) is 12.8. The summed E-state index contributed by atoms with van der Waals surface area (Å²) in [6.07, 6.45) is 0. The molecule has 0 aliphatic rings. The highest BCUT2D eigenvalue weighted by atomic mass is 16.4. The maximum absolute atomic E-state index is 10.6. The number of carboxylic acids is 1. The highest BCUT2D eigenvalue weighted by Crippen LogP contribution is 2.11. The average molecular weight is 180 g/mol. The lowest BCUT2D eigenvalue weighted by Crippen LogP contribution is -2.08. The van der Waals surface area contributed by atoms with E-state index in [1.54, 1.807) is 12.1 Å². The predicted molar refractivity (Wildman–Crippen MR) is 49.2 cm³/mol. The van der Waals surface area contributed by atoms with E-state index in [4.69, 9.17) is 16.6 Å². The lowest BCUT2D eigenvalue weighted by Gasteiger charge is -2.05. The maximum atomic E-state index is 10.6. The van der Waals surface area contributed by atoms with Crippen LogP contribution in [0.25, 0.3) is 0 Å². The van der Waals surface area contributed by atoms with Gasteiger partial charge in [0.1, 0.15) is 0 Å². The average Bonchev–Trinajstić information content (AvgIpc) is 2.16. The highest BCUT2D eigenvalue weighted by molar-refractivity contribution is 5.87. The van der Waals surface area contributed by atoms with Gasteiger partial charge in [0.05, 0.1) is 5.56 Å². The van der Waals surface area contributed by atoms with Crippen LogP contribution in [0, 0.1) is 0 Å². The molecule has 0 saturated heterocycles. The Kier molecular flexibility index (Phi) is 3.00. The Labute approximate surface area is 76.2 Å². The number of nitrogens with two attached hydrogens (primary N) is 2. The van der Waals surface area contributed by atoms with Crippen LogP contribution in [0.3, 0.4) is 0 Å². The van der Waals surface area contributed by atoms with Crippen molar-refractivity contribution in [2.75, 3.05) is 0 Å². The minimum Gasteiger partial charge on any atom is -0.478 e. The van der Waals surface area contributed by atoms with Crippen LogP contribution in [-0.4, -0.2) is 11.1 Å². The summed E-state index contributed by atoms with van der Waals surface area (Å²) < 4.78 is 0. The standard InChI is InChI=1S/C9H12N2O2/c10-4-7-2-1-6(9(12)13)3-8(7)5-11/h1-3H,4-5,10-11H2,(H,12,13). The zero-order chi connectivity index (χ0) is 9.84. The third kappa shape index (κ3) is 2.05. The van der Waals surface area contributed by atoms with Crippen molar-refractivity contribution in [2.24, 2.45) is 11.5 Å². The van der Waals surface area contributed by atoms with Crippen LogP contribution in [0.1, 0.15) is 21.5 Å². The van der Waals surface area contributed by atoms with Crippen molar-refractivity contribution in [1.82, 2.24) is 0 Å². The molecule has 5 N–H and O–H groups in total. The summed E-state index contributed by atoms with van der Waals surface area (Å²) in [6, 6.07) is 4.79. The number of hydrogen-bond acceptors (Lipinski definition) is 3. The number of benzene rings is 1. The molecule has 4 heteroatoms. The van der Waals surface area contributed by atoms with Gasteiger partial charge in [0.2, 0.25) is 0 Å². The zero-order valence-electron chi connectivity index (χ0n) is 7.16. The molecule has 1 rings (SSSR count). The minimum atomic E-state index is -0.946. The predicted octanol–water partition coefficient (Wildman–Crippen LogP) is 0.302. The Balaban J connectivity index is 3.13. The third-order valence-electron chi connectivity index (χ3n) is 1.89. The topological polar surface area (TPSA) is 89.3 Å². The summed E-state index contributed by atoms with van der Waals surface area (Å²) in [7, 11) is 0. The van der Waals surface area contributed by atoms with Gasteiger partial charge in [-0.2, -0.15) is 0 Å².